The highest BCUT2D eigenvalue weighted by atomic mass is 32.2. The lowest BCUT2D eigenvalue weighted by Gasteiger charge is -2.07. The summed E-state index contributed by atoms with van der Waals surface area (Å²) in [7, 11) is 0. The molecule has 2 aromatic heterocycles. The summed E-state index contributed by atoms with van der Waals surface area (Å²) in [6.07, 6.45) is 0.707. The largest absolute Gasteiger partial charge is 0.325 e. The van der Waals surface area contributed by atoms with Crippen molar-refractivity contribution in [3.8, 4) is 0 Å². The van der Waals surface area contributed by atoms with Gasteiger partial charge in [-0.1, -0.05) is 23.9 Å². The Labute approximate surface area is 163 Å². The molecule has 1 N–H and O–H groups in total. The summed E-state index contributed by atoms with van der Waals surface area (Å²) >= 11 is 2.96. The van der Waals surface area contributed by atoms with Crippen molar-refractivity contribution >= 4 is 40.4 Å². The summed E-state index contributed by atoms with van der Waals surface area (Å²) in [4.78, 5) is 23.7. The Hall–Kier alpha value is -2.72. The van der Waals surface area contributed by atoms with Crippen LogP contribution >= 0.6 is 23.1 Å². The molecule has 0 unspecified atom stereocenters. The van der Waals surface area contributed by atoms with E-state index in [0.717, 1.165) is 5.82 Å². The van der Waals surface area contributed by atoms with Gasteiger partial charge in [-0.15, -0.1) is 21.5 Å². The number of rotatable bonds is 8. The molecule has 140 valence electrons. The summed E-state index contributed by atoms with van der Waals surface area (Å²) in [6.45, 7) is 2.72. The van der Waals surface area contributed by atoms with Gasteiger partial charge in [0.15, 0.2) is 5.16 Å². The summed E-state index contributed by atoms with van der Waals surface area (Å²) < 4.78 is 1.99. The summed E-state index contributed by atoms with van der Waals surface area (Å²) in [5.74, 6) is 0.743. The average Bonchev–Trinajstić information content (AvgIpc) is 3.30. The van der Waals surface area contributed by atoms with Crippen LogP contribution in [0.3, 0.4) is 0 Å². The van der Waals surface area contributed by atoms with E-state index in [1.807, 2.05) is 22.9 Å². The van der Waals surface area contributed by atoms with Crippen LogP contribution in [-0.4, -0.2) is 31.3 Å². The number of nitrogens with zero attached hydrogens (tertiary/aromatic N) is 4. The molecule has 27 heavy (non-hydrogen) atoms. The molecular formula is C17H17N5O3S2. The molecule has 0 atom stereocenters. The number of hydrogen-bond donors (Lipinski definition) is 1. The maximum absolute atomic E-state index is 12.2. The van der Waals surface area contributed by atoms with Crippen LogP contribution in [0.15, 0.2) is 46.9 Å². The van der Waals surface area contributed by atoms with Crippen molar-refractivity contribution in [1.29, 1.82) is 0 Å². The highest BCUT2D eigenvalue weighted by Gasteiger charge is 2.14. The van der Waals surface area contributed by atoms with E-state index in [1.54, 1.807) is 17.4 Å². The Morgan fingerprint density at radius 3 is 2.89 bits per heavy atom. The number of thiophene rings is 1. The van der Waals surface area contributed by atoms with Crippen molar-refractivity contribution in [2.24, 2.45) is 0 Å². The molecule has 0 fully saturated rings. The molecule has 0 aliphatic carbocycles. The van der Waals surface area contributed by atoms with E-state index < -0.39 is 4.92 Å². The Kier molecular flexibility index (Phi) is 6.20. The third-order valence-corrected chi connectivity index (χ3v) is 5.54. The van der Waals surface area contributed by atoms with Gasteiger partial charge in [0, 0.05) is 35.7 Å². The van der Waals surface area contributed by atoms with Gasteiger partial charge in [0.2, 0.25) is 5.91 Å². The molecule has 0 aliphatic heterocycles. The minimum Gasteiger partial charge on any atom is -0.325 e. The number of thioether (sulfide) groups is 1. The Morgan fingerprint density at radius 2 is 2.19 bits per heavy atom. The van der Waals surface area contributed by atoms with Crippen LogP contribution in [0.25, 0.3) is 0 Å². The first-order chi connectivity index (χ1) is 13.1. The van der Waals surface area contributed by atoms with Gasteiger partial charge in [-0.25, -0.2) is 0 Å². The highest BCUT2D eigenvalue weighted by Crippen LogP contribution is 2.21. The monoisotopic (exact) mass is 403 g/mol. The van der Waals surface area contributed by atoms with E-state index in [-0.39, 0.29) is 17.3 Å². The van der Waals surface area contributed by atoms with Crippen LogP contribution in [0.1, 0.15) is 17.6 Å². The van der Waals surface area contributed by atoms with Gasteiger partial charge in [0.25, 0.3) is 5.69 Å². The fourth-order valence-corrected chi connectivity index (χ4v) is 3.99. The molecule has 1 aromatic carbocycles. The van der Waals surface area contributed by atoms with Crippen LogP contribution in [0.4, 0.5) is 11.4 Å². The number of nitro benzene ring substituents is 1. The van der Waals surface area contributed by atoms with Crippen molar-refractivity contribution < 1.29 is 9.72 Å². The first-order valence-corrected chi connectivity index (χ1v) is 10.0. The molecule has 0 saturated carbocycles. The Balaban J connectivity index is 1.61. The first-order valence-electron chi connectivity index (χ1n) is 8.18. The van der Waals surface area contributed by atoms with E-state index in [9.17, 15) is 14.9 Å². The summed E-state index contributed by atoms with van der Waals surface area (Å²) in [6, 6.07) is 9.91. The molecule has 0 saturated heterocycles. The van der Waals surface area contributed by atoms with Gasteiger partial charge in [0.1, 0.15) is 5.82 Å². The normalized spacial score (nSPS) is 10.7. The van der Waals surface area contributed by atoms with Gasteiger partial charge in [-0.2, -0.15) is 0 Å². The number of non-ortho nitro benzene ring substituents is 1. The number of nitrogens with one attached hydrogen (secondary N) is 1. The molecule has 1 amide bonds. The van der Waals surface area contributed by atoms with Crippen molar-refractivity contribution in [3.63, 3.8) is 0 Å². The third kappa shape index (κ3) is 4.92. The zero-order valence-corrected chi connectivity index (χ0v) is 16.1. The first kappa shape index (κ1) is 19.1. The second kappa shape index (κ2) is 8.78. The number of carbonyl (C=O) groups excluding carboxylic acids is 1. The van der Waals surface area contributed by atoms with Gasteiger partial charge in [-0.05, 0) is 24.4 Å². The maximum Gasteiger partial charge on any atom is 0.271 e. The molecule has 3 aromatic rings. The zero-order chi connectivity index (χ0) is 19.2. The third-order valence-electron chi connectivity index (χ3n) is 3.70. The fraction of sp³-hybridized carbons (Fsp3) is 0.235. The smallest absolute Gasteiger partial charge is 0.271 e. The predicted molar refractivity (Wildman–Crippen MR) is 105 cm³/mol. The average molecular weight is 403 g/mol. The lowest BCUT2D eigenvalue weighted by molar-refractivity contribution is -0.384. The second-order valence-corrected chi connectivity index (χ2v) is 7.52. The Morgan fingerprint density at radius 1 is 1.33 bits per heavy atom. The van der Waals surface area contributed by atoms with Crippen molar-refractivity contribution in [2.75, 3.05) is 11.1 Å². The predicted octanol–water partition coefficient (Wildman–Crippen LogP) is 3.59. The van der Waals surface area contributed by atoms with E-state index in [1.165, 1.54) is 34.8 Å². The standard InChI is InChI=1S/C17H17N5O3S2/c1-2-21-15(10-14-7-4-8-26-14)19-20-17(21)27-11-16(23)18-12-5-3-6-13(9-12)22(24)25/h3-9H,2,10-11H2,1H3,(H,18,23). The number of hydrogen-bond acceptors (Lipinski definition) is 7. The van der Waals surface area contributed by atoms with Crippen molar-refractivity contribution in [3.05, 3.63) is 62.6 Å². The van der Waals surface area contributed by atoms with Crippen LogP contribution in [0.5, 0.6) is 0 Å². The van der Waals surface area contributed by atoms with Crippen molar-refractivity contribution in [1.82, 2.24) is 14.8 Å². The van der Waals surface area contributed by atoms with Gasteiger partial charge in [-0.3, -0.25) is 14.9 Å². The van der Waals surface area contributed by atoms with E-state index in [0.29, 0.717) is 23.8 Å². The fourth-order valence-electron chi connectivity index (χ4n) is 2.47. The van der Waals surface area contributed by atoms with Crippen LogP contribution < -0.4 is 5.32 Å². The summed E-state index contributed by atoms with van der Waals surface area (Å²) in [5.41, 5.74) is 0.328. The van der Waals surface area contributed by atoms with Crippen LogP contribution in [0, 0.1) is 10.1 Å². The number of amides is 1. The molecule has 0 radical (unpaired) electrons. The van der Waals surface area contributed by atoms with E-state index in [2.05, 4.69) is 21.6 Å². The van der Waals surface area contributed by atoms with Crippen LogP contribution in [-0.2, 0) is 17.8 Å². The lowest BCUT2D eigenvalue weighted by Crippen LogP contribution is -2.15. The number of nitro groups is 1. The Bertz CT molecular complexity index is 940. The van der Waals surface area contributed by atoms with Crippen LogP contribution in [0.2, 0.25) is 0 Å². The number of aromatic nitrogens is 3. The molecule has 3 rings (SSSR count). The van der Waals surface area contributed by atoms with E-state index in [4.69, 9.17) is 0 Å². The van der Waals surface area contributed by atoms with Gasteiger partial charge in [0.05, 0.1) is 10.7 Å². The number of benzene rings is 1. The molecule has 0 bridgehead atoms. The minimum atomic E-state index is -0.497. The van der Waals surface area contributed by atoms with Gasteiger partial charge < -0.3 is 9.88 Å². The van der Waals surface area contributed by atoms with Crippen molar-refractivity contribution in [2.45, 2.75) is 25.0 Å². The molecule has 8 nitrogen and oxygen atoms in total. The number of anilines is 1. The second-order valence-electron chi connectivity index (χ2n) is 5.54. The molecule has 0 spiro atoms. The number of carbonyl (C=O) groups is 1. The molecule has 0 aliphatic rings. The molecule has 10 heteroatoms. The minimum absolute atomic E-state index is 0.0654. The lowest BCUT2D eigenvalue weighted by atomic mass is 10.3. The maximum atomic E-state index is 12.2. The van der Waals surface area contributed by atoms with Gasteiger partial charge >= 0.3 is 0 Å². The quantitative estimate of drug-likeness (QED) is 0.350. The highest BCUT2D eigenvalue weighted by molar-refractivity contribution is 7.99. The molecule has 2 heterocycles. The summed E-state index contributed by atoms with van der Waals surface area (Å²) in [5, 5.41) is 24.6. The zero-order valence-electron chi connectivity index (χ0n) is 14.5. The molecular weight excluding hydrogens is 386 g/mol. The van der Waals surface area contributed by atoms with E-state index >= 15 is 0 Å². The SMILES string of the molecule is CCn1c(Cc2cccs2)nnc1SCC(=O)Nc1cccc([N+](=O)[O-])c1. The topological polar surface area (TPSA) is 103 Å².